The molecule has 1 aliphatic heterocycles. The fourth-order valence-electron chi connectivity index (χ4n) is 2.01. The summed E-state index contributed by atoms with van der Waals surface area (Å²) in [4.78, 5) is 10.1. The Morgan fingerprint density at radius 1 is 1.48 bits per heavy atom. The molecule has 0 aromatic heterocycles. The Hall–Kier alpha value is -1.78. The van der Waals surface area contributed by atoms with E-state index in [1.807, 2.05) is 0 Å². The first kappa shape index (κ1) is 15.6. The van der Waals surface area contributed by atoms with Crippen LogP contribution < -0.4 is 4.74 Å². The van der Waals surface area contributed by atoms with E-state index in [0.717, 1.165) is 28.8 Å². The van der Waals surface area contributed by atoms with Crippen molar-refractivity contribution in [3.8, 4) is 5.75 Å². The number of hydrogen-bond donors (Lipinski definition) is 1. The molecule has 2 atom stereocenters. The first-order valence-electron chi connectivity index (χ1n) is 5.92. The molecule has 21 heavy (non-hydrogen) atoms. The number of aliphatic hydroxyl groups is 1. The van der Waals surface area contributed by atoms with Gasteiger partial charge in [0.15, 0.2) is 5.75 Å². The zero-order valence-corrected chi connectivity index (χ0v) is 11.8. The number of aliphatic hydroxyl groups excluding tert-OH is 1. The number of β-amino-alcohol motifs (C(OH)–C–C–N with tert-alkyl or cyclic N) is 1. The normalized spacial score (nSPS) is 23.2. The predicted octanol–water partition coefficient (Wildman–Crippen LogP) is 0.117. The molecule has 1 saturated heterocycles. The van der Waals surface area contributed by atoms with E-state index in [1.165, 1.54) is 0 Å². The summed E-state index contributed by atoms with van der Waals surface area (Å²) < 4.78 is 42.2. The zero-order chi connectivity index (χ0) is 15.8. The molecule has 1 aromatic rings. The van der Waals surface area contributed by atoms with Crippen molar-refractivity contribution in [1.82, 2.24) is 4.31 Å². The van der Waals surface area contributed by atoms with Gasteiger partial charge < -0.3 is 9.84 Å². The molecule has 2 unspecified atom stereocenters. The van der Waals surface area contributed by atoms with Crippen LogP contribution in [0.5, 0.6) is 5.75 Å². The summed E-state index contributed by atoms with van der Waals surface area (Å²) in [7, 11) is -3.51. The van der Waals surface area contributed by atoms with Crippen LogP contribution in [0.3, 0.4) is 0 Å². The SMILES string of the molecule is CS(=O)(=O)N1CC(O)C(Oc2cc(F)ccc2[N+](=O)[O-])C1. The van der Waals surface area contributed by atoms with Crippen molar-refractivity contribution in [2.24, 2.45) is 0 Å². The Kier molecular flexibility index (Phi) is 4.12. The van der Waals surface area contributed by atoms with Crippen LogP contribution in [0.15, 0.2) is 18.2 Å². The van der Waals surface area contributed by atoms with Crippen molar-refractivity contribution in [1.29, 1.82) is 0 Å². The van der Waals surface area contributed by atoms with E-state index < -0.39 is 38.7 Å². The van der Waals surface area contributed by atoms with Crippen molar-refractivity contribution in [3.05, 3.63) is 34.1 Å². The average Bonchev–Trinajstić information content (AvgIpc) is 2.70. The van der Waals surface area contributed by atoms with Gasteiger partial charge in [0.1, 0.15) is 18.0 Å². The highest BCUT2D eigenvalue weighted by atomic mass is 32.2. The Labute approximate surface area is 119 Å². The van der Waals surface area contributed by atoms with E-state index >= 15 is 0 Å². The minimum Gasteiger partial charge on any atom is -0.479 e. The number of sulfonamides is 1. The average molecular weight is 320 g/mol. The fraction of sp³-hybridized carbons (Fsp3) is 0.455. The molecule has 10 heteroatoms. The molecule has 1 aromatic carbocycles. The van der Waals surface area contributed by atoms with Crippen LogP contribution in [0.25, 0.3) is 0 Å². The fourth-order valence-corrected chi connectivity index (χ4v) is 2.85. The molecule has 1 N–H and O–H groups in total. The molecule has 0 spiro atoms. The number of nitro groups is 1. The number of nitro benzene ring substituents is 1. The summed E-state index contributed by atoms with van der Waals surface area (Å²) in [5.41, 5.74) is -0.457. The lowest BCUT2D eigenvalue weighted by Crippen LogP contribution is -2.31. The topological polar surface area (TPSA) is 110 Å². The third kappa shape index (κ3) is 3.46. The molecule has 0 radical (unpaired) electrons. The Morgan fingerprint density at radius 3 is 2.67 bits per heavy atom. The van der Waals surface area contributed by atoms with Crippen LogP contribution in [0.1, 0.15) is 0 Å². The van der Waals surface area contributed by atoms with Crippen LogP contribution in [-0.2, 0) is 10.0 Å². The molecule has 1 fully saturated rings. The van der Waals surface area contributed by atoms with Gasteiger partial charge in [-0.3, -0.25) is 10.1 Å². The van der Waals surface area contributed by atoms with Crippen LogP contribution >= 0.6 is 0 Å². The molecule has 0 saturated carbocycles. The summed E-state index contributed by atoms with van der Waals surface area (Å²) >= 11 is 0. The lowest BCUT2D eigenvalue weighted by Gasteiger charge is -2.16. The number of rotatable bonds is 4. The Morgan fingerprint density at radius 2 is 2.14 bits per heavy atom. The monoisotopic (exact) mass is 320 g/mol. The molecule has 1 heterocycles. The molecule has 1 aliphatic rings. The minimum absolute atomic E-state index is 0.159. The lowest BCUT2D eigenvalue weighted by molar-refractivity contribution is -0.386. The molecule has 0 amide bonds. The van der Waals surface area contributed by atoms with Crippen molar-refractivity contribution in [2.75, 3.05) is 19.3 Å². The molecular formula is C11H13FN2O6S. The zero-order valence-electron chi connectivity index (χ0n) is 11.0. The van der Waals surface area contributed by atoms with Crippen LogP contribution in [0, 0.1) is 15.9 Å². The van der Waals surface area contributed by atoms with E-state index in [9.17, 15) is 28.0 Å². The predicted molar refractivity (Wildman–Crippen MR) is 69.9 cm³/mol. The van der Waals surface area contributed by atoms with Gasteiger partial charge >= 0.3 is 5.69 Å². The maximum atomic E-state index is 13.2. The van der Waals surface area contributed by atoms with Crippen LogP contribution in [0.2, 0.25) is 0 Å². The first-order valence-corrected chi connectivity index (χ1v) is 7.77. The number of hydrogen-bond acceptors (Lipinski definition) is 6. The van der Waals surface area contributed by atoms with Gasteiger partial charge in [0.05, 0.1) is 17.7 Å². The Bertz CT molecular complexity index is 665. The number of ether oxygens (including phenoxy) is 1. The van der Waals surface area contributed by atoms with E-state index in [-0.39, 0.29) is 18.8 Å². The Balaban J connectivity index is 2.23. The van der Waals surface area contributed by atoms with Gasteiger partial charge in [-0.2, -0.15) is 4.31 Å². The first-order chi connectivity index (χ1) is 9.68. The maximum Gasteiger partial charge on any atom is 0.311 e. The van der Waals surface area contributed by atoms with Crippen molar-refractivity contribution < 1.29 is 27.6 Å². The number of halogens is 1. The molecule has 0 aliphatic carbocycles. The van der Waals surface area contributed by atoms with Gasteiger partial charge in [-0.25, -0.2) is 12.8 Å². The van der Waals surface area contributed by atoms with Crippen LogP contribution in [-0.4, -0.2) is 54.3 Å². The van der Waals surface area contributed by atoms with E-state index in [2.05, 4.69) is 0 Å². The highest BCUT2D eigenvalue weighted by molar-refractivity contribution is 7.88. The second-order valence-corrected chi connectivity index (χ2v) is 6.66. The molecule has 116 valence electrons. The summed E-state index contributed by atoms with van der Waals surface area (Å²) in [6, 6.07) is 2.69. The number of benzene rings is 1. The summed E-state index contributed by atoms with van der Waals surface area (Å²) in [6.45, 7) is -0.333. The van der Waals surface area contributed by atoms with Gasteiger partial charge in [0, 0.05) is 18.7 Å². The van der Waals surface area contributed by atoms with Gasteiger partial charge in [-0.1, -0.05) is 0 Å². The van der Waals surface area contributed by atoms with Gasteiger partial charge in [-0.15, -0.1) is 0 Å². The van der Waals surface area contributed by atoms with E-state index in [4.69, 9.17) is 4.74 Å². The smallest absolute Gasteiger partial charge is 0.311 e. The molecule has 0 bridgehead atoms. The van der Waals surface area contributed by atoms with Crippen molar-refractivity contribution >= 4 is 15.7 Å². The highest BCUT2D eigenvalue weighted by Crippen LogP contribution is 2.30. The lowest BCUT2D eigenvalue weighted by atomic mass is 10.2. The van der Waals surface area contributed by atoms with Crippen molar-refractivity contribution in [2.45, 2.75) is 12.2 Å². The quantitative estimate of drug-likeness (QED) is 0.623. The van der Waals surface area contributed by atoms with Gasteiger partial charge in [0.25, 0.3) is 0 Å². The summed E-state index contributed by atoms with van der Waals surface area (Å²) in [6.07, 6.45) is -1.17. The molecule has 8 nitrogen and oxygen atoms in total. The summed E-state index contributed by atoms with van der Waals surface area (Å²) in [5.74, 6) is -1.08. The standard InChI is InChI=1S/C11H13FN2O6S/c1-21(18,19)13-5-9(15)11(6-13)20-10-4-7(12)2-3-8(10)14(16)17/h2-4,9,11,15H,5-6H2,1H3. The number of nitrogens with zero attached hydrogens (tertiary/aromatic N) is 2. The van der Waals surface area contributed by atoms with E-state index in [0.29, 0.717) is 0 Å². The molecule has 2 rings (SSSR count). The van der Waals surface area contributed by atoms with Gasteiger partial charge in [-0.05, 0) is 6.07 Å². The highest BCUT2D eigenvalue weighted by Gasteiger charge is 2.38. The van der Waals surface area contributed by atoms with Crippen LogP contribution in [0.4, 0.5) is 10.1 Å². The second kappa shape index (κ2) is 5.54. The minimum atomic E-state index is -3.51. The van der Waals surface area contributed by atoms with Gasteiger partial charge in [0.2, 0.25) is 10.0 Å². The largest absolute Gasteiger partial charge is 0.479 e. The third-order valence-corrected chi connectivity index (χ3v) is 4.31. The molecular weight excluding hydrogens is 307 g/mol. The van der Waals surface area contributed by atoms with Crippen molar-refractivity contribution in [3.63, 3.8) is 0 Å². The maximum absolute atomic E-state index is 13.2. The second-order valence-electron chi connectivity index (χ2n) is 4.67. The third-order valence-electron chi connectivity index (χ3n) is 3.07. The van der Waals surface area contributed by atoms with E-state index in [1.54, 1.807) is 0 Å². The summed E-state index contributed by atoms with van der Waals surface area (Å²) in [5, 5.41) is 20.6.